The van der Waals surface area contributed by atoms with Crippen LogP contribution in [0.2, 0.25) is 0 Å². The number of alkyl halides is 1. The predicted molar refractivity (Wildman–Crippen MR) is 64.8 cm³/mol. The van der Waals surface area contributed by atoms with E-state index >= 15 is 0 Å². The van der Waals surface area contributed by atoms with E-state index in [2.05, 4.69) is 10.1 Å². The molecule has 0 saturated carbocycles. The van der Waals surface area contributed by atoms with Gasteiger partial charge in [-0.15, -0.1) is 0 Å². The van der Waals surface area contributed by atoms with E-state index in [1.807, 2.05) is 4.90 Å². The van der Waals surface area contributed by atoms with Crippen LogP contribution < -0.4 is 5.73 Å². The van der Waals surface area contributed by atoms with Crippen molar-refractivity contribution in [2.45, 2.75) is 18.6 Å². The number of hydrazone groups is 1. The van der Waals surface area contributed by atoms with E-state index in [-0.39, 0.29) is 0 Å². The Morgan fingerprint density at radius 3 is 2.89 bits per heavy atom. The summed E-state index contributed by atoms with van der Waals surface area (Å²) in [6.07, 6.45) is 3.31. The highest BCUT2D eigenvalue weighted by atomic mass is 19.1. The molecule has 1 fully saturated rings. The van der Waals surface area contributed by atoms with Crippen molar-refractivity contribution in [3.05, 3.63) is 12.2 Å². The second kappa shape index (κ2) is 4.08. The smallest absolute Gasteiger partial charge is 0.244 e. The number of carbonyl (C=O) groups is 1. The van der Waals surface area contributed by atoms with Crippen molar-refractivity contribution in [2.75, 3.05) is 19.6 Å². The van der Waals surface area contributed by atoms with Crippen molar-refractivity contribution in [3.8, 4) is 0 Å². The Bertz CT molecular complexity index is 472. The first kappa shape index (κ1) is 11.2. The van der Waals surface area contributed by atoms with Gasteiger partial charge in [0, 0.05) is 6.54 Å². The van der Waals surface area contributed by atoms with Gasteiger partial charge < -0.3 is 10.6 Å². The van der Waals surface area contributed by atoms with Crippen LogP contribution in [0.15, 0.2) is 22.2 Å². The molecule has 0 aromatic carbocycles. The summed E-state index contributed by atoms with van der Waals surface area (Å²) in [6, 6.07) is -0.524. The van der Waals surface area contributed by atoms with Gasteiger partial charge in [0.15, 0.2) is 6.04 Å². The first-order valence-electron chi connectivity index (χ1n) is 5.94. The third-order valence-electron chi connectivity index (χ3n) is 3.33. The molecule has 96 valence electrons. The van der Waals surface area contributed by atoms with Gasteiger partial charge in [-0.25, -0.2) is 9.40 Å². The third-order valence-corrected chi connectivity index (χ3v) is 3.33. The van der Waals surface area contributed by atoms with Gasteiger partial charge in [-0.2, -0.15) is 5.10 Å². The van der Waals surface area contributed by atoms with Crippen LogP contribution in [0, 0.1) is 0 Å². The van der Waals surface area contributed by atoms with Gasteiger partial charge in [-0.1, -0.05) is 0 Å². The molecule has 0 radical (unpaired) electrons. The van der Waals surface area contributed by atoms with Crippen molar-refractivity contribution < 1.29 is 9.18 Å². The number of halogens is 1. The molecular formula is C11H14FN5O. The van der Waals surface area contributed by atoms with Crippen LogP contribution >= 0.6 is 0 Å². The Labute approximate surface area is 104 Å². The number of amides is 1. The molecule has 18 heavy (non-hydrogen) atoms. The number of hydrogen-bond acceptors (Lipinski definition) is 5. The van der Waals surface area contributed by atoms with Crippen LogP contribution in [0.5, 0.6) is 0 Å². The van der Waals surface area contributed by atoms with E-state index in [0.717, 1.165) is 0 Å². The molecule has 7 heteroatoms. The first-order chi connectivity index (χ1) is 8.65. The molecule has 2 unspecified atom stereocenters. The number of likely N-dealkylation sites (tertiary alicyclic amines) is 1. The van der Waals surface area contributed by atoms with E-state index in [9.17, 15) is 9.18 Å². The van der Waals surface area contributed by atoms with Gasteiger partial charge in [0.25, 0.3) is 0 Å². The normalized spacial score (nSPS) is 30.3. The van der Waals surface area contributed by atoms with Gasteiger partial charge in [0.2, 0.25) is 5.91 Å². The molecule has 3 rings (SSSR count). The highest BCUT2D eigenvalue weighted by Gasteiger charge is 2.34. The van der Waals surface area contributed by atoms with Crippen LogP contribution in [0.3, 0.4) is 0 Å². The van der Waals surface area contributed by atoms with Gasteiger partial charge >= 0.3 is 0 Å². The minimum Gasteiger partial charge on any atom is -0.368 e. The summed E-state index contributed by atoms with van der Waals surface area (Å²) in [5.41, 5.74) is 5.30. The number of rotatable bonds is 1. The Morgan fingerprint density at radius 2 is 2.22 bits per heavy atom. The van der Waals surface area contributed by atoms with Crippen LogP contribution in [0.25, 0.3) is 0 Å². The molecule has 0 bridgehead atoms. The molecule has 3 heterocycles. The van der Waals surface area contributed by atoms with Crippen LogP contribution in [-0.4, -0.2) is 59.3 Å². The zero-order valence-electron chi connectivity index (χ0n) is 9.79. The van der Waals surface area contributed by atoms with E-state index in [1.165, 1.54) is 5.01 Å². The molecule has 0 aliphatic carbocycles. The standard InChI is InChI=1S/C11H14FN5O/c12-7-3-4-16(6-7)10-2-1-9-14-5-8(11(13)18)17(9)15-10/h1-2,7-8H,3-6H2,(H2,13,18). The molecule has 0 aromatic rings. The number of carbonyl (C=O) groups excluding carboxylic acids is 1. The summed E-state index contributed by atoms with van der Waals surface area (Å²) in [6.45, 7) is 1.33. The minimum absolute atomic E-state index is 0.331. The summed E-state index contributed by atoms with van der Waals surface area (Å²) in [4.78, 5) is 17.3. The van der Waals surface area contributed by atoms with E-state index in [0.29, 0.717) is 37.7 Å². The molecule has 3 aliphatic rings. The number of nitrogens with two attached hydrogens (primary N) is 1. The average molecular weight is 251 g/mol. The fourth-order valence-electron chi connectivity index (χ4n) is 2.34. The molecule has 0 aromatic heterocycles. The summed E-state index contributed by atoms with van der Waals surface area (Å²) in [5.74, 6) is 0.859. The molecule has 2 atom stereocenters. The lowest BCUT2D eigenvalue weighted by Crippen LogP contribution is -2.45. The van der Waals surface area contributed by atoms with Gasteiger partial charge in [-0.05, 0) is 18.6 Å². The Morgan fingerprint density at radius 1 is 1.44 bits per heavy atom. The maximum atomic E-state index is 13.2. The summed E-state index contributed by atoms with van der Waals surface area (Å²) < 4.78 is 13.2. The second-order valence-corrected chi connectivity index (χ2v) is 4.59. The summed E-state index contributed by atoms with van der Waals surface area (Å²) in [7, 11) is 0. The average Bonchev–Trinajstić information content (AvgIpc) is 2.93. The quantitative estimate of drug-likeness (QED) is 0.681. The van der Waals surface area contributed by atoms with E-state index < -0.39 is 18.1 Å². The number of primary amides is 1. The van der Waals surface area contributed by atoms with Crippen molar-refractivity contribution in [2.24, 2.45) is 15.8 Å². The Hall–Kier alpha value is -1.92. The minimum atomic E-state index is -0.804. The number of nitrogens with zero attached hydrogens (tertiary/aromatic N) is 4. The lowest BCUT2D eigenvalue weighted by molar-refractivity contribution is -0.121. The number of aliphatic imine (C=N–C) groups is 1. The summed E-state index contributed by atoms with van der Waals surface area (Å²) in [5, 5.41) is 5.88. The monoisotopic (exact) mass is 251 g/mol. The zero-order valence-corrected chi connectivity index (χ0v) is 9.79. The van der Waals surface area contributed by atoms with Crippen molar-refractivity contribution in [1.29, 1.82) is 0 Å². The van der Waals surface area contributed by atoms with Gasteiger partial charge in [-0.3, -0.25) is 9.79 Å². The van der Waals surface area contributed by atoms with Crippen molar-refractivity contribution in [1.82, 2.24) is 9.91 Å². The fraction of sp³-hybridized carbons (Fsp3) is 0.545. The number of fused-ring (bicyclic) bond motifs is 1. The third kappa shape index (κ3) is 1.75. The highest BCUT2D eigenvalue weighted by Crippen LogP contribution is 2.19. The predicted octanol–water partition coefficient (Wildman–Crippen LogP) is -0.519. The zero-order chi connectivity index (χ0) is 12.7. The van der Waals surface area contributed by atoms with Crippen molar-refractivity contribution >= 4 is 17.6 Å². The molecular weight excluding hydrogens is 237 g/mol. The lowest BCUT2D eigenvalue weighted by atomic mass is 10.3. The van der Waals surface area contributed by atoms with Gasteiger partial charge in [0.05, 0.1) is 13.1 Å². The number of amidine groups is 2. The topological polar surface area (TPSA) is 74.3 Å². The van der Waals surface area contributed by atoms with E-state index in [1.54, 1.807) is 12.2 Å². The lowest BCUT2D eigenvalue weighted by Gasteiger charge is -2.26. The molecule has 2 N–H and O–H groups in total. The second-order valence-electron chi connectivity index (χ2n) is 4.59. The van der Waals surface area contributed by atoms with Crippen LogP contribution in [0.4, 0.5) is 4.39 Å². The highest BCUT2D eigenvalue weighted by molar-refractivity contribution is 6.07. The molecule has 0 spiro atoms. The number of hydrogen-bond donors (Lipinski definition) is 1. The fourth-order valence-corrected chi connectivity index (χ4v) is 2.34. The Balaban J connectivity index is 1.81. The Kier molecular flexibility index (Phi) is 2.53. The first-order valence-corrected chi connectivity index (χ1v) is 5.94. The van der Waals surface area contributed by atoms with Gasteiger partial charge in [0.1, 0.15) is 17.8 Å². The molecule has 1 amide bonds. The maximum Gasteiger partial charge on any atom is 0.244 e. The molecule has 1 saturated heterocycles. The molecule has 6 nitrogen and oxygen atoms in total. The summed E-state index contributed by atoms with van der Waals surface area (Å²) >= 11 is 0. The van der Waals surface area contributed by atoms with Crippen LogP contribution in [-0.2, 0) is 4.79 Å². The SMILES string of the molecule is NC(=O)C1CN=C2C=CC(N3CCC(F)C3)=NN21. The van der Waals surface area contributed by atoms with E-state index in [4.69, 9.17) is 5.73 Å². The van der Waals surface area contributed by atoms with Crippen LogP contribution in [0.1, 0.15) is 6.42 Å². The largest absolute Gasteiger partial charge is 0.368 e. The maximum absolute atomic E-state index is 13.2. The molecule has 3 aliphatic heterocycles. The van der Waals surface area contributed by atoms with Crippen molar-refractivity contribution in [3.63, 3.8) is 0 Å².